The summed E-state index contributed by atoms with van der Waals surface area (Å²) < 4.78 is 21.4. The van der Waals surface area contributed by atoms with Crippen LogP contribution in [-0.2, 0) is 5.41 Å². The lowest BCUT2D eigenvalue weighted by atomic mass is 9.29. The molecule has 7 aromatic carbocycles. The summed E-state index contributed by atoms with van der Waals surface area (Å²) in [4.78, 5) is 4.87. The second-order valence-electron chi connectivity index (χ2n) is 14.7. The number of halogens is 1. The smallest absolute Gasteiger partial charge is 0.249 e. The zero-order chi connectivity index (χ0) is 34.2. The molecule has 0 atom stereocenters. The van der Waals surface area contributed by atoms with Gasteiger partial charge in [-0.3, -0.25) is 0 Å². The van der Waals surface area contributed by atoms with Crippen molar-refractivity contribution in [3.05, 3.63) is 168 Å². The normalized spacial score (nSPS) is 15.4. The first-order valence-electron chi connectivity index (χ1n) is 17.7. The molecule has 11 rings (SSSR count). The molecule has 0 saturated heterocycles. The maximum atomic E-state index is 14.5. The molecule has 3 heterocycles. The van der Waals surface area contributed by atoms with Crippen LogP contribution in [0.25, 0.3) is 38.4 Å². The first-order valence-corrected chi connectivity index (χ1v) is 17.7. The standard InChI is InChI=1S/C46H32BFN2O/c1-27-19-23-29(24-20-27)49-36-16-10-17-37-40(36)47(41-39-34-14-7-9-18-38(34)51-44(39)32-12-5-4-11-31(32)42(41)49)45-43(50(37)30-25-21-28(48)22-26-30)33-13-6-8-15-35(33)46(45,2)3/h4-26H,1-3H3. The highest BCUT2D eigenvalue weighted by Gasteiger charge is 2.53. The summed E-state index contributed by atoms with van der Waals surface area (Å²) in [6, 6.07) is 48.6. The Morgan fingerprint density at radius 1 is 0.608 bits per heavy atom. The van der Waals surface area contributed by atoms with E-state index in [1.54, 1.807) is 12.1 Å². The van der Waals surface area contributed by atoms with Crippen molar-refractivity contribution in [3.63, 3.8) is 0 Å². The minimum atomic E-state index is -0.319. The molecular formula is C46H32BFN2O. The first-order chi connectivity index (χ1) is 24.9. The van der Waals surface area contributed by atoms with E-state index in [2.05, 4.69) is 146 Å². The molecule has 3 nitrogen and oxygen atoms in total. The fourth-order valence-corrected chi connectivity index (χ4v) is 9.46. The Balaban J connectivity index is 1.38. The van der Waals surface area contributed by atoms with Crippen LogP contribution in [0.5, 0.6) is 0 Å². The van der Waals surface area contributed by atoms with Crippen molar-refractivity contribution in [1.29, 1.82) is 0 Å². The van der Waals surface area contributed by atoms with E-state index in [0.717, 1.165) is 55.5 Å². The second-order valence-corrected chi connectivity index (χ2v) is 14.7. The summed E-state index contributed by atoms with van der Waals surface area (Å²) in [5, 5.41) is 4.55. The third kappa shape index (κ3) is 3.68. The van der Waals surface area contributed by atoms with Gasteiger partial charge in [-0.25, -0.2) is 4.39 Å². The van der Waals surface area contributed by atoms with Gasteiger partial charge >= 0.3 is 0 Å². The predicted molar refractivity (Wildman–Crippen MR) is 211 cm³/mol. The van der Waals surface area contributed by atoms with Gasteiger partial charge in [0.2, 0.25) is 6.71 Å². The molecule has 8 aromatic rings. The summed E-state index contributed by atoms with van der Waals surface area (Å²) in [6.45, 7) is 6.81. The monoisotopic (exact) mass is 658 g/mol. The van der Waals surface area contributed by atoms with Gasteiger partial charge in [0, 0.05) is 61.0 Å². The Labute approximate surface area is 295 Å². The Morgan fingerprint density at radius 2 is 1.24 bits per heavy atom. The molecule has 3 aliphatic rings. The van der Waals surface area contributed by atoms with Gasteiger partial charge in [0.25, 0.3) is 0 Å². The van der Waals surface area contributed by atoms with Crippen molar-refractivity contribution in [2.45, 2.75) is 26.2 Å². The lowest BCUT2D eigenvalue weighted by molar-refractivity contribution is 0.628. The molecular weight excluding hydrogens is 626 g/mol. The molecule has 5 heteroatoms. The molecule has 0 N–H and O–H groups in total. The number of hydrogen-bond acceptors (Lipinski definition) is 3. The van der Waals surface area contributed by atoms with Gasteiger partial charge in [-0.15, -0.1) is 0 Å². The van der Waals surface area contributed by atoms with Crippen LogP contribution in [0.3, 0.4) is 0 Å². The Bertz CT molecular complexity index is 2810. The predicted octanol–water partition coefficient (Wildman–Crippen LogP) is 11.0. The van der Waals surface area contributed by atoms with E-state index in [-0.39, 0.29) is 17.9 Å². The lowest BCUT2D eigenvalue weighted by Crippen LogP contribution is -2.57. The fraction of sp³-hybridized carbons (Fsp3) is 0.0870. The maximum Gasteiger partial charge on any atom is 0.249 e. The number of furan rings is 1. The van der Waals surface area contributed by atoms with Gasteiger partial charge in [-0.2, -0.15) is 0 Å². The van der Waals surface area contributed by atoms with Gasteiger partial charge in [0.1, 0.15) is 17.0 Å². The minimum Gasteiger partial charge on any atom is -0.455 e. The molecule has 0 amide bonds. The van der Waals surface area contributed by atoms with Crippen LogP contribution < -0.4 is 20.7 Å². The second kappa shape index (κ2) is 10.0. The van der Waals surface area contributed by atoms with E-state index in [4.69, 9.17) is 4.42 Å². The van der Waals surface area contributed by atoms with Crippen LogP contribution in [0.1, 0.15) is 30.5 Å². The highest BCUT2D eigenvalue weighted by Crippen LogP contribution is 2.57. The van der Waals surface area contributed by atoms with E-state index in [0.29, 0.717) is 0 Å². The zero-order valence-corrected chi connectivity index (χ0v) is 28.5. The number of nitrogens with zero attached hydrogens (tertiary/aromatic N) is 2. The maximum absolute atomic E-state index is 14.5. The number of allylic oxidation sites excluding steroid dienone is 1. The van der Waals surface area contributed by atoms with E-state index >= 15 is 0 Å². The van der Waals surface area contributed by atoms with Gasteiger partial charge in [-0.05, 0) is 78.0 Å². The number of fused-ring (bicyclic) bond motifs is 12. The highest BCUT2D eigenvalue weighted by atomic mass is 19.1. The van der Waals surface area contributed by atoms with Crippen LogP contribution in [0.2, 0.25) is 0 Å². The number of rotatable bonds is 2. The largest absolute Gasteiger partial charge is 0.455 e. The van der Waals surface area contributed by atoms with Crippen LogP contribution in [0.4, 0.5) is 32.8 Å². The SMILES string of the molecule is Cc1ccc(N2c3cccc4c3B(C3=C(c5ccccc5C3(C)C)N4c3ccc(F)cc3)c3c2c2ccccc2c2oc4ccccc4c32)cc1. The van der Waals surface area contributed by atoms with Crippen molar-refractivity contribution < 1.29 is 8.81 Å². The zero-order valence-electron chi connectivity index (χ0n) is 28.5. The minimum absolute atomic E-state index is 0.0879. The third-order valence-corrected chi connectivity index (χ3v) is 11.6. The number of anilines is 5. The Hall–Kier alpha value is -6.07. The van der Waals surface area contributed by atoms with Gasteiger partial charge in [0.05, 0.1) is 5.69 Å². The van der Waals surface area contributed by atoms with E-state index in [1.807, 2.05) is 12.1 Å². The van der Waals surface area contributed by atoms with Crippen molar-refractivity contribution >= 4 is 84.5 Å². The molecule has 0 bridgehead atoms. The molecule has 0 fully saturated rings. The van der Waals surface area contributed by atoms with Crippen LogP contribution in [-0.4, -0.2) is 6.71 Å². The third-order valence-electron chi connectivity index (χ3n) is 11.6. The van der Waals surface area contributed by atoms with Crippen molar-refractivity contribution in [2.75, 3.05) is 9.80 Å². The number of hydrogen-bond donors (Lipinski definition) is 0. The van der Waals surface area contributed by atoms with Crippen molar-refractivity contribution in [3.8, 4) is 0 Å². The first kappa shape index (κ1) is 28.7. The summed E-state index contributed by atoms with van der Waals surface area (Å²) >= 11 is 0. The number of para-hydroxylation sites is 1. The average Bonchev–Trinajstić information content (AvgIpc) is 3.66. The summed E-state index contributed by atoms with van der Waals surface area (Å²) in [6.07, 6.45) is 0. The molecule has 2 aliphatic heterocycles. The van der Waals surface area contributed by atoms with Crippen molar-refractivity contribution in [2.24, 2.45) is 0 Å². The van der Waals surface area contributed by atoms with Crippen molar-refractivity contribution in [1.82, 2.24) is 0 Å². The number of benzene rings is 7. The molecule has 0 radical (unpaired) electrons. The van der Waals surface area contributed by atoms with Gasteiger partial charge in [-0.1, -0.05) is 110 Å². The Kier molecular flexibility index (Phi) is 5.64. The van der Waals surface area contributed by atoms with E-state index < -0.39 is 0 Å². The molecule has 242 valence electrons. The van der Waals surface area contributed by atoms with E-state index in [9.17, 15) is 4.39 Å². The average molecular weight is 659 g/mol. The number of aryl methyl sites for hydroxylation is 1. The summed E-state index contributed by atoms with van der Waals surface area (Å²) in [5.41, 5.74) is 15.8. The van der Waals surface area contributed by atoms with Crippen LogP contribution in [0, 0.1) is 12.7 Å². The molecule has 51 heavy (non-hydrogen) atoms. The highest BCUT2D eigenvalue weighted by molar-refractivity contribution is 6.98. The summed E-state index contributed by atoms with van der Waals surface area (Å²) in [5.74, 6) is -0.245. The molecule has 1 aromatic heterocycles. The Morgan fingerprint density at radius 3 is 2.02 bits per heavy atom. The van der Waals surface area contributed by atoms with Crippen LogP contribution in [0.15, 0.2) is 149 Å². The van der Waals surface area contributed by atoms with Gasteiger partial charge < -0.3 is 14.2 Å². The topological polar surface area (TPSA) is 19.6 Å². The quantitative estimate of drug-likeness (QED) is 0.172. The van der Waals surface area contributed by atoms with E-state index in [1.165, 1.54) is 44.5 Å². The van der Waals surface area contributed by atoms with Gasteiger partial charge in [0.15, 0.2) is 0 Å². The fourth-order valence-electron chi connectivity index (χ4n) is 9.46. The molecule has 1 aliphatic carbocycles. The molecule has 0 spiro atoms. The molecule has 0 saturated carbocycles. The van der Waals surface area contributed by atoms with Crippen LogP contribution >= 0.6 is 0 Å². The summed E-state index contributed by atoms with van der Waals surface area (Å²) in [7, 11) is 0. The molecule has 0 unspecified atom stereocenters. The lowest BCUT2D eigenvalue weighted by Gasteiger charge is -2.46.